The lowest BCUT2D eigenvalue weighted by Crippen LogP contribution is -2.12. The minimum Gasteiger partial charge on any atom is -0.491 e. The number of nitrogens with one attached hydrogen (secondary N) is 1. The lowest BCUT2D eigenvalue weighted by molar-refractivity contribution is 0.330. The third-order valence-corrected chi connectivity index (χ3v) is 3.38. The summed E-state index contributed by atoms with van der Waals surface area (Å²) < 4.78 is 19.6. The van der Waals surface area contributed by atoms with Crippen LogP contribution in [-0.4, -0.2) is 13.2 Å². The SMILES string of the molecule is Cc1cc(F)ccc1OCCNc1ccccc1Br. The molecule has 0 spiro atoms. The largest absolute Gasteiger partial charge is 0.491 e. The maximum atomic E-state index is 12.9. The van der Waals surface area contributed by atoms with E-state index in [0.717, 1.165) is 21.5 Å². The van der Waals surface area contributed by atoms with Gasteiger partial charge < -0.3 is 10.1 Å². The fourth-order valence-electron chi connectivity index (χ4n) is 1.73. The Balaban J connectivity index is 1.83. The predicted molar refractivity (Wildman–Crippen MR) is 79.3 cm³/mol. The van der Waals surface area contributed by atoms with Gasteiger partial charge in [0.2, 0.25) is 0 Å². The van der Waals surface area contributed by atoms with Crippen LogP contribution in [0.4, 0.5) is 10.1 Å². The van der Waals surface area contributed by atoms with Gasteiger partial charge in [-0.05, 0) is 58.7 Å². The summed E-state index contributed by atoms with van der Waals surface area (Å²) in [4.78, 5) is 0. The molecule has 0 radical (unpaired) electrons. The lowest BCUT2D eigenvalue weighted by Gasteiger charge is -2.11. The van der Waals surface area contributed by atoms with Crippen molar-refractivity contribution in [3.05, 3.63) is 58.3 Å². The molecule has 0 unspecified atom stereocenters. The molecule has 0 heterocycles. The zero-order chi connectivity index (χ0) is 13.7. The average Bonchev–Trinajstić information content (AvgIpc) is 2.38. The van der Waals surface area contributed by atoms with Gasteiger partial charge in [-0.1, -0.05) is 12.1 Å². The first kappa shape index (κ1) is 13.9. The number of ether oxygens (including phenoxy) is 1. The zero-order valence-corrected chi connectivity index (χ0v) is 12.2. The van der Waals surface area contributed by atoms with Crippen molar-refractivity contribution < 1.29 is 9.13 Å². The Morgan fingerprint density at radius 1 is 1.21 bits per heavy atom. The summed E-state index contributed by atoms with van der Waals surface area (Å²) in [6.45, 7) is 3.03. The third-order valence-electron chi connectivity index (χ3n) is 2.69. The number of benzene rings is 2. The Morgan fingerprint density at radius 3 is 2.74 bits per heavy atom. The molecule has 0 aliphatic rings. The van der Waals surface area contributed by atoms with E-state index in [4.69, 9.17) is 4.74 Å². The van der Waals surface area contributed by atoms with Gasteiger partial charge in [0.1, 0.15) is 18.2 Å². The molecule has 4 heteroatoms. The second-order valence-electron chi connectivity index (χ2n) is 4.16. The van der Waals surface area contributed by atoms with Crippen LogP contribution >= 0.6 is 15.9 Å². The second kappa shape index (κ2) is 6.57. The number of hydrogen-bond donors (Lipinski definition) is 1. The van der Waals surface area contributed by atoms with E-state index in [1.807, 2.05) is 31.2 Å². The number of aryl methyl sites for hydroxylation is 1. The monoisotopic (exact) mass is 323 g/mol. The molecular weight excluding hydrogens is 309 g/mol. The van der Waals surface area contributed by atoms with Crippen molar-refractivity contribution in [3.63, 3.8) is 0 Å². The van der Waals surface area contributed by atoms with E-state index in [1.165, 1.54) is 12.1 Å². The molecule has 0 saturated carbocycles. The molecular formula is C15H15BrFNO. The van der Waals surface area contributed by atoms with E-state index in [0.29, 0.717) is 13.2 Å². The average molecular weight is 324 g/mol. The van der Waals surface area contributed by atoms with Crippen LogP contribution in [0.3, 0.4) is 0 Å². The zero-order valence-electron chi connectivity index (χ0n) is 10.6. The van der Waals surface area contributed by atoms with Crippen LogP contribution in [0, 0.1) is 12.7 Å². The van der Waals surface area contributed by atoms with E-state index in [-0.39, 0.29) is 5.82 Å². The summed E-state index contributed by atoms with van der Waals surface area (Å²) in [6.07, 6.45) is 0. The van der Waals surface area contributed by atoms with Crippen molar-refractivity contribution >= 4 is 21.6 Å². The Bertz CT molecular complexity index is 560. The normalized spacial score (nSPS) is 10.3. The molecule has 2 rings (SSSR count). The first-order valence-electron chi connectivity index (χ1n) is 6.04. The summed E-state index contributed by atoms with van der Waals surface area (Å²) in [7, 11) is 0. The van der Waals surface area contributed by atoms with E-state index in [2.05, 4.69) is 21.2 Å². The van der Waals surface area contributed by atoms with Crippen molar-refractivity contribution in [1.29, 1.82) is 0 Å². The van der Waals surface area contributed by atoms with Crippen LogP contribution in [0.2, 0.25) is 0 Å². The maximum absolute atomic E-state index is 12.9. The van der Waals surface area contributed by atoms with Crippen LogP contribution < -0.4 is 10.1 Å². The van der Waals surface area contributed by atoms with Crippen LogP contribution in [0.5, 0.6) is 5.75 Å². The van der Waals surface area contributed by atoms with Gasteiger partial charge in [0, 0.05) is 16.7 Å². The van der Waals surface area contributed by atoms with Crippen molar-refractivity contribution in [2.45, 2.75) is 6.92 Å². The summed E-state index contributed by atoms with van der Waals surface area (Å²) in [5.41, 5.74) is 1.84. The van der Waals surface area contributed by atoms with Crippen LogP contribution in [0.15, 0.2) is 46.9 Å². The number of halogens is 2. The molecule has 0 aliphatic heterocycles. The van der Waals surface area contributed by atoms with E-state index in [9.17, 15) is 4.39 Å². The Hall–Kier alpha value is -1.55. The van der Waals surface area contributed by atoms with E-state index < -0.39 is 0 Å². The molecule has 0 fully saturated rings. The number of anilines is 1. The van der Waals surface area contributed by atoms with Gasteiger partial charge in [-0.15, -0.1) is 0 Å². The third kappa shape index (κ3) is 3.96. The van der Waals surface area contributed by atoms with Crippen molar-refractivity contribution in [1.82, 2.24) is 0 Å². The molecule has 0 saturated heterocycles. The van der Waals surface area contributed by atoms with Crippen molar-refractivity contribution in [3.8, 4) is 5.75 Å². The molecule has 19 heavy (non-hydrogen) atoms. The highest BCUT2D eigenvalue weighted by Crippen LogP contribution is 2.21. The highest BCUT2D eigenvalue weighted by Gasteiger charge is 2.01. The Labute approximate surface area is 120 Å². The topological polar surface area (TPSA) is 21.3 Å². The number of rotatable bonds is 5. The lowest BCUT2D eigenvalue weighted by atomic mass is 10.2. The van der Waals surface area contributed by atoms with Gasteiger partial charge in [0.15, 0.2) is 0 Å². The van der Waals surface area contributed by atoms with Gasteiger partial charge in [-0.25, -0.2) is 4.39 Å². The molecule has 2 nitrogen and oxygen atoms in total. The Kier molecular flexibility index (Phi) is 4.80. The number of para-hydroxylation sites is 1. The van der Waals surface area contributed by atoms with Crippen LogP contribution in [0.25, 0.3) is 0 Å². The quantitative estimate of drug-likeness (QED) is 0.824. The van der Waals surface area contributed by atoms with Gasteiger partial charge in [0.25, 0.3) is 0 Å². The van der Waals surface area contributed by atoms with Gasteiger partial charge in [-0.2, -0.15) is 0 Å². The van der Waals surface area contributed by atoms with Crippen LogP contribution in [0.1, 0.15) is 5.56 Å². The molecule has 1 N–H and O–H groups in total. The molecule has 0 amide bonds. The standard InChI is InChI=1S/C15H15BrFNO/c1-11-10-12(17)6-7-15(11)19-9-8-18-14-5-3-2-4-13(14)16/h2-7,10,18H,8-9H2,1H3. The summed E-state index contributed by atoms with van der Waals surface area (Å²) in [5, 5.41) is 3.27. The minimum absolute atomic E-state index is 0.240. The smallest absolute Gasteiger partial charge is 0.123 e. The maximum Gasteiger partial charge on any atom is 0.123 e. The highest BCUT2D eigenvalue weighted by molar-refractivity contribution is 9.10. The summed E-state index contributed by atoms with van der Waals surface area (Å²) in [6, 6.07) is 12.4. The molecule has 0 atom stereocenters. The molecule has 100 valence electrons. The first-order chi connectivity index (χ1) is 9.16. The van der Waals surface area contributed by atoms with Gasteiger partial charge in [-0.3, -0.25) is 0 Å². The summed E-state index contributed by atoms with van der Waals surface area (Å²) in [5.74, 6) is 0.478. The first-order valence-corrected chi connectivity index (χ1v) is 6.83. The fraction of sp³-hybridized carbons (Fsp3) is 0.200. The second-order valence-corrected chi connectivity index (χ2v) is 5.02. The molecule has 0 bridgehead atoms. The van der Waals surface area contributed by atoms with Crippen molar-refractivity contribution in [2.75, 3.05) is 18.5 Å². The van der Waals surface area contributed by atoms with Crippen LogP contribution in [-0.2, 0) is 0 Å². The Morgan fingerprint density at radius 2 is 2.00 bits per heavy atom. The summed E-state index contributed by atoms with van der Waals surface area (Å²) >= 11 is 3.47. The predicted octanol–water partition coefficient (Wildman–Crippen LogP) is 4.39. The number of hydrogen-bond acceptors (Lipinski definition) is 2. The molecule has 0 aliphatic carbocycles. The van der Waals surface area contributed by atoms with E-state index in [1.54, 1.807) is 6.07 Å². The highest BCUT2D eigenvalue weighted by atomic mass is 79.9. The van der Waals surface area contributed by atoms with Crippen molar-refractivity contribution in [2.24, 2.45) is 0 Å². The van der Waals surface area contributed by atoms with Gasteiger partial charge in [0.05, 0.1) is 0 Å². The molecule has 0 aromatic heterocycles. The van der Waals surface area contributed by atoms with Gasteiger partial charge >= 0.3 is 0 Å². The fourth-order valence-corrected chi connectivity index (χ4v) is 2.15. The molecule has 2 aromatic rings. The van der Waals surface area contributed by atoms with E-state index >= 15 is 0 Å². The molecule has 2 aromatic carbocycles. The minimum atomic E-state index is -0.240.